The lowest BCUT2D eigenvalue weighted by Gasteiger charge is -2.26. The van der Waals surface area contributed by atoms with Crippen LogP contribution in [-0.2, 0) is 22.6 Å². The second-order valence-corrected chi connectivity index (χ2v) is 8.25. The summed E-state index contributed by atoms with van der Waals surface area (Å²) in [6.07, 6.45) is 0. The molecule has 0 heterocycles. The molecule has 7 heteroatoms. The zero-order valence-electron chi connectivity index (χ0n) is 19.0. The van der Waals surface area contributed by atoms with Crippen LogP contribution < -0.4 is 10.2 Å². The number of carbonyl (C=O) groups excluding carboxylic acids is 2. The molecule has 3 rings (SSSR count). The average molecular weight is 466 g/mol. The van der Waals surface area contributed by atoms with Crippen LogP contribution in [-0.4, -0.2) is 44.5 Å². The van der Waals surface area contributed by atoms with Gasteiger partial charge < -0.3 is 19.9 Å². The maximum Gasteiger partial charge on any atom is 0.257 e. The number of nitrogens with zero attached hydrogens (tertiary/aromatic N) is 2. The summed E-state index contributed by atoms with van der Waals surface area (Å²) in [4.78, 5) is 29.3. The smallest absolute Gasteiger partial charge is 0.257 e. The quantitative estimate of drug-likeness (QED) is 0.491. The first-order chi connectivity index (χ1) is 15.9. The number of hydrogen-bond donors (Lipinski definition) is 1. The first kappa shape index (κ1) is 24.3. The molecule has 2 amide bonds. The number of methoxy groups -OCH3 is 1. The molecule has 33 heavy (non-hydrogen) atoms. The molecule has 3 aromatic rings. The summed E-state index contributed by atoms with van der Waals surface area (Å²) in [5.74, 6) is -0.405. The summed E-state index contributed by atoms with van der Waals surface area (Å²) in [6.45, 7) is 0.805. The third-order valence-electron chi connectivity index (χ3n) is 5.14. The summed E-state index contributed by atoms with van der Waals surface area (Å²) in [6, 6.07) is 22.4. The summed E-state index contributed by atoms with van der Waals surface area (Å²) < 4.78 is 5.10. The molecule has 0 aliphatic carbocycles. The van der Waals surface area contributed by atoms with Crippen molar-refractivity contribution >= 4 is 34.8 Å². The zero-order valence-corrected chi connectivity index (χ0v) is 19.8. The zero-order chi connectivity index (χ0) is 23.8. The Balaban J connectivity index is 1.89. The molecule has 0 radical (unpaired) electrons. The van der Waals surface area contributed by atoms with Gasteiger partial charge in [0.2, 0.25) is 5.91 Å². The highest BCUT2D eigenvalue weighted by Gasteiger charge is 2.18. The van der Waals surface area contributed by atoms with E-state index < -0.39 is 0 Å². The fourth-order valence-electron chi connectivity index (χ4n) is 3.53. The molecule has 0 aliphatic rings. The van der Waals surface area contributed by atoms with Crippen molar-refractivity contribution in [3.8, 4) is 0 Å². The van der Waals surface area contributed by atoms with Crippen LogP contribution in [0.15, 0.2) is 72.8 Å². The van der Waals surface area contributed by atoms with Crippen LogP contribution in [0.3, 0.4) is 0 Å². The van der Waals surface area contributed by atoms with Crippen LogP contribution in [0.25, 0.3) is 0 Å². The minimum absolute atomic E-state index is 0.00688. The number of benzene rings is 3. The Kier molecular flexibility index (Phi) is 8.46. The van der Waals surface area contributed by atoms with Crippen molar-refractivity contribution in [1.82, 2.24) is 4.90 Å². The molecule has 6 nitrogen and oxygen atoms in total. The molecule has 0 fully saturated rings. The molecule has 0 aromatic heterocycles. The Labute approximate surface area is 199 Å². The van der Waals surface area contributed by atoms with Crippen LogP contribution in [0.2, 0.25) is 5.02 Å². The van der Waals surface area contributed by atoms with E-state index in [2.05, 4.69) is 5.32 Å². The van der Waals surface area contributed by atoms with Gasteiger partial charge in [-0.25, -0.2) is 0 Å². The van der Waals surface area contributed by atoms with E-state index in [9.17, 15) is 9.59 Å². The monoisotopic (exact) mass is 465 g/mol. The van der Waals surface area contributed by atoms with Crippen molar-refractivity contribution in [3.63, 3.8) is 0 Å². The fraction of sp³-hybridized carbons (Fsp3) is 0.231. The van der Waals surface area contributed by atoms with Crippen LogP contribution in [0.1, 0.15) is 21.5 Å². The van der Waals surface area contributed by atoms with Crippen LogP contribution in [0.5, 0.6) is 0 Å². The maximum atomic E-state index is 12.8. The van der Waals surface area contributed by atoms with E-state index in [4.69, 9.17) is 16.3 Å². The van der Waals surface area contributed by atoms with Gasteiger partial charge in [-0.1, -0.05) is 54.1 Å². The molecule has 1 N–H and O–H groups in total. The van der Waals surface area contributed by atoms with Gasteiger partial charge in [0.25, 0.3) is 5.91 Å². The third-order valence-corrected chi connectivity index (χ3v) is 5.47. The van der Waals surface area contributed by atoms with Crippen molar-refractivity contribution in [2.45, 2.75) is 13.1 Å². The number of rotatable bonds is 9. The first-order valence-corrected chi connectivity index (χ1v) is 10.9. The van der Waals surface area contributed by atoms with E-state index >= 15 is 0 Å². The number of ether oxygens (including phenoxy) is 1. The van der Waals surface area contributed by atoms with Gasteiger partial charge in [-0.15, -0.1) is 0 Å². The fourth-order valence-corrected chi connectivity index (χ4v) is 3.75. The van der Waals surface area contributed by atoms with E-state index in [1.165, 1.54) is 7.11 Å². The molecule has 0 saturated carbocycles. The summed E-state index contributed by atoms with van der Waals surface area (Å²) in [7, 11) is 5.40. The highest BCUT2D eigenvalue weighted by Crippen LogP contribution is 2.26. The minimum atomic E-state index is -0.291. The van der Waals surface area contributed by atoms with Gasteiger partial charge >= 0.3 is 0 Å². The summed E-state index contributed by atoms with van der Waals surface area (Å²) in [5, 5.41) is 3.30. The average Bonchev–Trinajstić information content (AvgIpc) is 2.79. The van der Waals surface area contributed by atoms with Gasteiger partial charge in [0.1, 0.15) is 6.61 Å². The van der Waals surface area contributed by atoms with Crippen LogP contribution >= 0.6 is 11.6 Å². The topological polar surface area (TPSA) is 61.9 Å². The Bertz CT molecular complexity index is 1100. The number of halogens is 1. The molecular weight excluding hydrogens is 438 g/mol. The normalized spacial score (nSPS) is 10.5. The molecule has 0 saturated heterocycles. The SMILES string of the molecule is COCC(=O)N(Cc1ccccc1)Cc1cc(NC(=O)c2ccccc2Cl)ccc1N(C)C. The van der Waals surface area contributed by atoms with E-state index in [0.29, 0.717) is 29.4 Å². The lowest BCUT2D eigenvalue weighted by Crippen LogP contribution is -2.33. The van der Waals surface area contributed by atoms with E-state index in [1.807, 2.05) is 67.5 Å². The number of amides is 2. The molecule has 0 atom stereocenters. The highest BCUT2D eigenvalue weighted by molar-refractivity contribution is 6.34. The van der Waals surface area contributed by atoms with E-state index in [-0.39, 0.29) is 18.4 Å². The first-order valence-electron chi connectivity index (χ1n) is 10.6. The number of nitrogens with one attached hydrogen (secondary N) is 1. The van der Waals surface area contributed by atoms with E-state index in [0.717, 1.165) is 16.8 Å². The minimum Gasteiger partial charge on any atom is -0.377 e. The lowest BCUT2D eigenvalue weighted by molar-refractivity contribution is -0.136. The molecule has 0 spiro atoms. The Morgan fingerprint density at radius 1 is 0.939 bits per heavy atom. The largest absolute Gasteiger partial charge is 0.377 e. The van der Waals surface area contributed by atoms with Gasteiger partial charge in [0.05, 0.1) is 10.6 Å². The molecule has 3 aromatic carbocycles. The van der Waals surface area contributed by atoms with Gasteiger partial charge in [-0.05, 0) is 41.5 Å². The van der Waals surface area contributed by atoms with Crippen molar-refractivity contribution in [2.75, 3.05) is 38.0 Å². The number of carbonyl (C=O) groups is 2. The highest BCUT2D eigenvalue weighted by atomic mass is 35.5. The van der Waals surface area contributed by atoms with Gasteiger partial charge in [0.15, 0.2) is 0 Å². The lowest BCUT2D eigenvalue weighted by atomic mass is 10.1. The van der Waals surface area contributed by atoms with Crippen molar-refractivity contribution in [1.29, 1.82) is 0 Å². The van der Waals surface area contributed by atoms with E-state index in [1.54, 1.807) is 29.2 Å². The van der Waals surface area contributed by atoms with Crippen molar-refractivity contribution < 1.29 is 14.3 Å². The summed E-state index contributed by atoms with van der Waals surface area (Å²) in [5.41, 5.74) is 3.90. The molecule has 172 valence electrons. The van der Waals surface area contributed by atoms with Gasteiger partial charge in [-0.2, -0.15) is 0 Å². The maximum absolute atomic E-state index is 12.8. The van der Waals surface area contributed by atoms with Crippen molar-refractivity contribution in [2.24, 2.45) is 0 Å². The number of hydrogen-bond acceptors (Lipinski definition) is 4. The molecule has 0 unspecified atom stereocenters. The summed E-state index contributed by atoms with van der Waals surface area (Å²) >= 11 is 6.17. The van der Waals surface area contributed by atoms with Crippen LogP contribution in [0.4, 0.5) is 11.4 Å². The van der Waals surface area contributed by atoms with Gasteiger partial charge in [-0.3, -0.25) is 9.59 Å². The predicted octanol–water partition coefficient (Wildman–Crippen LogP) is 4.83. The number of anilines is 2. The second kappa shape index (κ2) is 11.5. The Morgan fingerprint density at radius 2 is 1.64 bits per heavy atom. The standard InChI is InChI=1S/C26H28ClN3O3/c1-29(2)24-14-13-21(28-26(32)22-11-7-8-12-23(22)27)15-20(24)17-30(25(31)18-33-3)16-19-9-5-4-6-10-19/h4-15H,16-18H2,1-3H3,(H,28,32). The second-order valence-electron chi connectivity index (χ2n) is 7.84. The third kappa shape index (κ3) is 6.57. The predicted molar refractivity (Wildman–Crippen MR) is 133 cm³/mol. The molecule has 0 aliphatic heterocycles. The van der Waals surface area contributed by atoms with Crippen molar-refractivity contribution in [3.05, 3.63) is 94.5 Å². The molecule has 0 bridgehead atoms. The van der Waals surface area contributed by atoms with Crippen LogP contribution in [0, 0.1) is 0 Å². The molecular formula is C26H28ClN3O3. The Morgan fingerprint density at radius 3 is 2.30 bits per heavy atom. The Hall–Kier alpha value is -3.35. The van der Waals surface area contributed by atoms with Gasteiger partial charge in [0, 0.05) is 45.7 Å².